The molecule has 24 N–H and O–H groups in total. The van der Waals surface area contributed by atoms with Crippen LogP contribution in [0.1, 0.15) is 34.6 Å². The predicted octanol–water partition coefficient (Wildman–Crippen LogP) is -16.0. The molecule has 8 saturated heterocycles. The number of hydrogen-bond acceptors (Lipinski definition) is 39. The molecule has 0 aromatic carbocycles. The first-order chi connectivity index (χ1) is 45.3. The van der Waals surface area contributed by atoms with Crippen LogP contribution in [0, 0.1) is 0 Å². The Labute approximate surface area is 545 Å². The summed E-state index contributed by atoms with van der Waals surface area (Å²) < 4.78 is 87.5. The zero-order valence-corrected chi connectivity index (χ0v) is 52.1. The number of carbonyl (C=O) groups is 3. The van der Waals surface area contributed by atoms with Gasteiger partial charge in [-0.05, 0) is 13.8 Å². The number of hydrogen-bond donors (Lipinski definition) is 24. The maximum absolute atomic E-state index is 12.8. The highest BCUT2D eigenvalue weighted by Gasteiger charge is 2.59. The molecule has 0 aromatic rings. The van der Waals surface area contributed by atoms with Crippen molar-refractivity contribution in [3.63, 3.8) is 0 Å². The predicted molar refractivity (Wildman–Crippen MR) is 296 cm³/mol. The SMILES string of the molecule is CC(=O)N[C@H]1[C@H](O[C@H]2[C@H](O)[C@@H](NC(C)=O)C(O)O[C@@H]2CO[C@@H]2O[C@@H](C)[C@@H](O)[C@@H](O)[C@@H]2O)O[C@H](CO)[C@@H](O[C@@H]2O[C@H](CO[C@H]3O[C@H](CO)[C@@H](O)[C@H](O)[C@@H]3O[C@@H]3O[C@H](CO)[C@@H](O[C@@H]4O[C@H](CO)[C@H](O)[C@H](O)[C@H]4O[C@@H]4O[C@@H](C)[C@@H](O)[C@@H](O)[C@@H]4O)[C@H](O)[C@H]3NC(C)=O)[C@@H](O)[C@H](O)[C@@H]2O)[C@@H]1O. The van der Waals surface area contributed by atoms with Gasteiger partial charge in [0, 0.05) is 20.8 Å². The Morgan fingerprint density at radius 3 is 1.08 bits per heavy atom. The van der Waals surface area contributed by atoms with Gasteiger partial charge >= 0.3 is 0 Å². The minimum Gasteiger partial charge on any atom is -0.394 e. The highest BCUT2D eigenvalue weighted by atomic mass is 16.8. The summed E-state index contributed by atoms with van der Waals surface area (Å²) in [6.45, 7) is -0.230. The number of aliphatic hydroxyl groups excluding tert-OH is 21. The van der Waals surface area contributed by atoms with Crippen LogP contribution in [0.3, 0.4) is 0 Å². The first-order valence-corrected chi connectivity index (χ1v) is 30.8. The van der Waals surface area contributed by atoms with Crippen molar-refractivity contribution in [1.82, 2.24) is 16.0 Å². The fraction of sp³-hybridized carbons (Fsp3) is 0.944. The van der Waals surface area contributed by atoms with Crippen LogP contribution in [-0.2, 0) is 85.4 Å². The van der Waals surface area contributed by atoms with Gasteiger partial charge in [-0.1, -0.05) is 0 Å². The molecule has 0 radical (unpaired) electrons. The van der Waals surface area contributed by atoms with Crippen LogP contribution >= 0.6 is 0 Å². The first kappa shape index (κ1) is 78.7. The molecule has 96 heavy (non-hydrogen) atoms. The molecular formula is C54H91N3O39. The Morgan fingerprint density at radius 2 is 0.604 bits per heavy atom. The Kier molecular flexibility index (Phi) is 27.7. The first-order valence-electron chi connectivity index (χ1n) is 30.8. The fourth-order valence-electron chi connectivity index (χ4n) is 12.4. The molecule has 0 bridgehead atoms. The lowest BCUT2D eigenvalue weighted by molar-refractivity contribution is -0.391. The normalized spacial score (nSPS) is 50.3. The Hall–Kier alpha value is -3.03. The quantitative estimate of drug-likeness (QED) is 0.0452. The van der Waals surface area contributed by atoms with Gasteiger partial charge in [-0.3, -0.25) is 14.4 Å². The number of carbonyl (C=O) groups excluding carboxylic acids is 3. The van der Waals surface area contributed by atoms with E-state index in [4.69, 9.17) is 71.1 Å². The van der Waals surface area contributed by atoms with Gasteiger partial charge in [-0.25, -0.2) is 0 Å². The van der Waals surface area contributed by atoms with Crippen molar-refractivity contribution in [2.24, 2.45) is 0 Å². The van der Waals surface area contributed by atoms with Crippen molar-refractivity contribution in [2.75, 3.05) is 39.6 Å². The van der Waals surface area contributed by atoms with Gasteiger partial charge in [0.1, 0.15) is 183 Å². The fourth-order valence-corrected chi connectivity index (χ4v) is 12.4. The van der Waals surface area contributed by atoms with Crippen molar-refractivity contribution >= 4 is 17.7 Å². The standard InChI is InChI=1S/C54H91N3O39/c1-12-26(65)34(73)39(78)50(84-12)82-11-22-44(31(70)23(47(81)86-22)55-14(3)62)92-48-24(56-15(4)63)32(71)42(19(8-60)89-48)93-52-41(80)36(75)30(69)21(91-52)10-83-53-45(37(76)28(67)17(6-58)87-53)95-49-25(57-16(5)64)33(72)43(20(9-61)90-49)94-54-46(38(77)29(68)18(7-59)88-54)96-51-40(79)35(74)27(66)13(2)85-51/h12-13,17-54,58-61,65-81H,6-11H2,1-5H3,(H,55,62)(H,56,63)(H,57,64)/t12-,13-,17+,18+,19+,20+,21+,22+,23+,24+,25+,26+,27+,28+,29-,30+,31+,32+,33+,34+,35+,36-,37-,38-,39-,40-,41-,42+,43+,44+,45-,46+,47?,48-,49-,50+,51-,52-,53-,54-/m0/s1. The smallest absolute Gasteiger partial charge is 0.217 e. The van der Waals surface area contributed by atoms with E-state index < -0.39 is 303 Å². The summed E-state index contributed by atoms with van der Waals surface area (Å²) in [5.41, 5.74) is 0. The van der Waals surface area contributed by atoms with Gasteiger partial charge in [-0.2, -0.15) is 0 Å². The summed E-state index contributed by atoms with van der Waals surface area (Å²) in [5.74, 6) is -2.54. The van der Waals surface area contributed by atoms with E-state index in [1.54, 1.807) is 0 Å². The van der Waals surface area contributed by atoms with Crippen molar-refractivity contribution in [3.05, 3.63) is 0 Å². The zero-order chi connectivity index (χ0) is 70.8. The van der Waals surface area contributed by atoms with Gasteiger partial charge in [0.2, 0.25) is 17.7 Å². The molecule has 42 heteroatoms. The summed E-state index contributed by atoms with van der Waals surface area (Å²) in [6, 6.07) is -5.31. The molecule has 0 aromatic heterocycles. The minimum absolute atomic E-state index is 0.752. The molecule has 8 aliphatic rings. The van der Waals surface area contributed by atoms with E-state index in [1.807, 2.05) is 0 Å². The Bertz CT molecular complexity index is 2480. The van der Waals surface area contributed by atoms with Crippen molar-refractivity contribution in [1.29, 1.82) is 0 Å². The monoisotopic (exact) mass is 1410 g/mol. The molecule has 0 spiro atoms. The van der Waals surface area contributed by atoms with E-state index in [0.717, 1.165) is 20.8 Å². The van der Waals surface area contributed by atoms with Crippen LogP contribution < -0.4 is 16.0 Å². The third-order valence-electron chi connectivity index (χ3n) is 17.7. The molecule has 8 heterocycles. The Balaban J connectivity index is 0.984. The van der Waals surface area contributed by atoms with E-state index in [2.05, 4.69) is 16.0 Å². The average Bonchev–Trinajstić information content (AvgIpc) is 0.779. The number of aliphatic hydroxyl groups is 21. The lowest BCUT2D eigenvalue weighted by atomic mass is 9.94. The summed E-state index contributed by atoms with van der Waals surface area (Å²) in [7, 11) is 0. The van der Waals surface area contributed by atoms with Crippen molar-refractivity contribution in [2.45, 2.75) is 280 Å². The zero-order valence-electron chi connectivity index (χ0n) is 52.1. The van der Waals surface area contributed by atoms with E-state index in [1.165, 1.54) is 13.8 Å². The Morgan fingerprint density at radius 1 is 0.292 bits per heavy atom. The molecule has 0 aliphatic carbocycles. The molecule has 3 amide bonds. The second kappa shape index (κ2) is 33.8. The van der Waals surface area contributed by atoms with Crippen LogP contribution in [0.15, 0.2) is 0 Å². The number of nitrogens with one attached hydrogen (secondary N) is 3. The van der Waals surface area contributed by atoms with Gasteiger partial charge in [0.05, 0.1) is 51.8 Å². The third-order valence-corrected chi connectivity index (χ3v) is 17.7. The summed E-state index contributed by atoms with van der Waals surface area (Å²) in [6.07, 6.45) is -69.7. The topological polar surface area (TPSA) is 651 Å². The highest BCUT2D eigenvalue weighted by molar-refractivity contribution is 5.74. The largest absolute Gasteiger partial charge is 0.394 e. The summed E-state index contributed by atoms with van der Waals surface area (Å²) in [5, 5.41) is 237. The second-order valence-electron chi connectivity index (χ2n) is 24.6. The molecule has 556 valence electrons. The number of rotatable bonds is 23. The van der Waals surface area contributed by atoms with Crippen molar-refractivity contribution < 1.29 is 193 Å². The highest BCUT2D eigenvalue weighted by Crippen LogP contribution is 2.38. The van der Waals surface area contributed by atoms with Gasteiger partial charge in [-0.15, -0.1) is 0 Å². The van der Waals surface area contributed by atoms with Crippen molar-refractivity contribution in [3.8, 4) is 0 Å². The van der Waals surface area contributed by atoms with Crippen LogP contribution in [0.5, 0.6) is 0 Å². The molecule has 8 fully saturated rings. The minimum atomic E-state index is -2.24. The third kappa shape index (κ3) is 17.2. The second-order valence-corrected chi connectivity index (χ2v) is 24.6. The van der Waals surface area contributed by atoms with Crippen LogP contribution in [0.2, 0.25) is 0 Å². The molecular weight excluding hydrogens is 1310 g/mol. The van der Waals surface area contributed by atoms with Gasteiger partial charge in [0.25, 0.3) is 0 Å². The molecule has 8 aliphatic heterocycles. The van der Waals surface area contributed by atoms with Gasteiger partial charge < -0.3 is 194 Å². The lowest BCUT2D eigenvalue weighted by Crippen LogP contribution is -2.70. The van der Waals surface area contributed by atoms with E-state index in [0.29, 0.717) is 0 Å². The number of amides is 3. The lowest BCUT2D eigenvalue weighted by Gasteiger charge is -2.50. The maximum atomic E-state index is 12.8. The molecule has 42 nitrogen and oxygen atoms in total. The van der Waals surface area contributed by atoms with E-state index >= 15 is 0 Å². The molecule has 1 unspecified atom stereocenters. The molecule has 40 atom stereocenters. The van der Waals surface area contributed by atoms with E-state index in [9.17, 15) is 122 Å². The van der Waals surface area contributed by atoms with Gasteiger partial charge in [0.15, 0.2) is 50.3 Å². The van der Waals surface area contributed by atoms with Crippen LogP contribution in [0.25, 0.3) is 0 Å². The van der Waals surface area contributed by atoms with Crippen LogP contribution in [-0.4, -0.2) is 410 Å². The maximum Gasteiger partial charge on any atom is 0.217 e. The molecule has 8 rings (SSSR count). The average molecular weight is 1410 g/mol. The number of ether oxygens (including phenoxy) is 15. The summed E-state index contributed by atoms with van der Waals surface area (Å²) in [4.78, 5) is 37.8. The molecule has 0 saturated carbocycles. The van der Waals surface area contributed by atoms with E-state index in [-0.39, 0.29) is 0 Å². The summed E-state index contributed by atoms with van der Waals surface area (Å²) >= 11 is 0. The van der Waals surface area contributed by atoms with Crippen LogP contribution in [0.4, 0.5) is 0 Å².